The molecular formula is C27H30O13. The Kier molecular flexibility index (Phi) is 7.74. The van der Waals surface area contributed by atoms with Crippen LogP contribution in [0.25, 0.3) is 22.3 Å². The Morgan fingerprint density at radius 3 is 2.27 bits per heavy atom. The Labute approximate surface area is 227 Å². The summed E-state index contributed by atoms with van der Waals surface area (Å²) in [5.74, 6) is -0.117. The third kappa shape index (κ3) is 4.91. The fraction of sp³-hybridized carbons (Fsp3) is 0.444. The predicted molar refractivity (Wildman–Crippen MR) is 136 cm³/mol. The van der Waals surface area contributed by atoms with Gasteiger partial charge in [0.25, 0.3) is 0 Å². The average molecular weight is 563 g/mol. The van der Waals surface area contributed by atoms with Crippen molar-refractivity contribution in [2.45, 2.75) is 62.0 Å². The van der Waals surface area contributed by atoms with Crippen LogP contribution in [0.15, 0.2) is 45.6 Å². The van der Waals surface area contributed by atoms with Gasteiger partial charge in [0, 0.05) is 17.7 Å². The van der Waals surface area contributed by atoms with E-state index in [-0.39, 0.29) is 40.4 Å². The molecule has 1 aromatic heterocycles. The Morgan fingerprint density at radius 2 is 1.60 bits per heavy atom. The van der Waals surface area contributed by atoms with Crippen molar-refractivity contribution in [3.8, 4) is 28.6 Å². The fourth-order valence-electron chi connectivity index (χ4n) is 4.92. The zero-order valence-electron chi connectivity index (χ0n) is 21.4. The van der Waals surface area contributed by atoms with Crippen molar-refractivity contribution in [3.05, 3.63) is 52.2 Å². The molecule has 5 rings (SSSR count). The lowest BCUT2D eigenvalue weighted by Gasteiger charge is -2.38. The minimum absolute atomic E-state index is 0.0212. The summed E-state index contributed by atoms with van der Waals surface area (Å²) in [7, 11) is 1.26. The van der Waals surface area contributed by atoms with Crippen molar-refractivity contribution in [1.82, 2.24) is 0 Å². The van der Waals surface area contributed by atoms with Gasteiger partial charge in [-0.15, -0.1) is 0 Å². The highest BCUT2D eigenvalue weighted by Gasteiger charge is 2.43. The summed E-state index contributed by atoms with van der Waals surface area (Å²) in [4.78, 5) is 13.2. The molecule has 0 bridgehead atoms. The summed E-state index contributed by atoms with van der Waals surface area (Å²) in [6.45, 7) is 1.22. The van der Waals surface area contributed by atoms with Crippen molar-refractivity contribution in [2.24, 2.45) is 0 Å². The minimum Gasteiger partial charge on any atom is -0.507 e. The maximum atomic E-state index is 13.2. The third-order valence-electron chi connectivity index (χ3n) is 7.18. The van der Waals surface area contributed by atoms with Crippen molar-refractivity contribution in [1.29, 1.82) is 0 Å². The van der Waals surface area contributed by atoms with Gasteiger partial charge in [-0.05, 0) is 31.2 Å². The summed E-state index contributed by atoms with van der Waals surface area (Å²) < 4.78 is 27.8. The van der Waals surface area contributed by atoms with Crippen LogP contribution < -0.4 is 14.9 Å². The van der Waals surface area contributed by atoms with E-state index in [1.165, 1.54) is 38.3 Å². The monoisotopic (exact) mass is 562 g/mol. The summed E-state index contributed by atoms with van der Waals surface area (Å²) >= 11 is 0. The lowest BCUT2D eigenvalue weighted by Crippen LogP contribution is -2.58. The molecule has 0 amide bonds. The van der Waals surface area contributed by atoms with Gasteiger partial charge in [-0.2, -0.15) is 0 Å². The number of ether oxygens (including phenoxy) is 4. The number of aliphatic hydroxyl groups is 6. The van der Waals surface area contributed by atoms with Gasteiger partial charge in [0.2, 0.25) is 6.29 Å². The molecule has 0 unspecified atom stereocenters. The standard InChI is InChI=1S/C27H30O13/c1-10-20(31)22(33)24(35)27(38-10)39-12-5-3-11(4-6-12)16-7-13(28)18-17(40-16)8-14(29)19(25(18)36-2)26-23(34)21(32)15(30)9-37-26/h3-8,10,15,20-24,26-27,29-35H,9H2,1-2H3/t10-,15-,20-,21-,22+,23-,24+,26+,27+/m1/s1. The molecule has 3 aromatic rings. The first-order valence-electron chi connectivity index (χ1n) is 12.5. The second-order valence-electron chi connectivity index (χ2n) is 9.82. The second-order valence-corrected chi connectivity index (χ2v) is 9.82. The van der Waals surface area contributed by atoms with Crippen LogP contribution in [0.3, 0.4) is 0 Å². The van der Waals surface area contributed by atoms with Crippen LogP contribution in [0.4, 0.5) is 0 Å². The van der Waals surface area contributed by atoms with Gasteiger partial charge in [-0.25, -0.2) is 0 Å². The van der Waals surface area contributed by atoms with E-state index < -0.39 is 66.3 Å². The summed E-state index contributed by atoms with van der Waals surface area (Å²) in [6, 6.07) is 8.60. The molecule has 2 aliphatic rings. The average Bonchev–Trinajstić information content (AvgIpc) is 2.93. The van der Waals surface area contributed by atoms with Crippen molar-refractivity contribution in [2.75, 3.05) is 13.7 Å². The molecule has 3 heterocycles. The minimum atomic E-state index is -1.61. The van der Waals surface area contributed by atoms with E-state index in [9.17, 15) is 40.5 Å². The van der Waals surface area contributed by atoms with E-state index in [0.717, 1.165) is 0 Å². The highest BCUT2D eigenvalue weighted by Crippen LogP contribution is 2.44. The molecule has 0 saturated carbocycles. The number of aliphatic hydroxyl groups excluding tert-OH is 6. The van der Waals surface area contributed by atoms with E-state index in [2.05, 4.69) is 0 Å². The van der Waals surface area contributed by atoms with Gasteiger partial charge in [-0.3, -0.25) is 4.79 Å². The van der Waals surface area contributed by atoms with Crippen LogP contribution in [0.5, 0.6) is 17.2 Å². The smallest absolute Gasteiger partial charge is 0.229 e. The number of aromatic hydroxyl groups is 1. The van der Waals surface area contributed by atoms with Gasteiger partial charge in [0.05, 0.1) is 25.4 Å². The topological polar surface area (TPSA) is 209 Å². The quantitative estimate of drug-likeness (QED) is 0.210. The van der Waals surface area contributed by atoms with E-state index in [1.807, 2.05) is 0 Å². The first kappa shape index (κ1) is 28.3. The van der Waals surface area contributed by atoms with Crippen LogP contribution in [0.1, 0.15) is 18.6 Å². The first-order valence-corrected chi connectivity index (χ1v) is 12.5. The number of phenols is 1. The van der Waals surface area contributed by atoms with Gasteiger partial charge in [0.1, 0.15) is 76.7 Å². The zero-order valence-corrected chi connectivity index (χ0v) is 21.4. The molecule has 2 aromatic carbocycles. The fourth-order valence-corrected chi connectivity index (χ4v) is 4.92. The van der Waals surface area contributed by atoms with E-state index >= 15 is 0 Å². The summed E-state index contributed by atoms with van der Waals surface area (Å²) in [6.07, 6.45) is -11.9. The number of benzene rings is 2. The molecule has 0 aliphatic carbocycles. The molecule has 2 fully saturated rings. The maximum Gasteiger partial charge on any atom is 0.229 e. The Bertz CT molecular complexity index is 1420. The van der Waals surface area contributed by atoms with Crippen LogP contribution >= 0.6 is 0 Å². The third-order valence-corrected chi connectivity index (χ3v) is 7.18. The normalized spacial score (nSPS) is 32.6. The summed E-state index contributed by atoms with van der Waals surface area (Å²) in [5, 5.41) is 71.1. The van der Waals surface area contributed by atoms with E-state index in [0.29, 0.717) is 5.56 Å². The highest BCUT2D eigenvalue weighted by atomic mass is 16.7. The lowest BCUT2D eigenvalue weighted by atomic mass is 9.92. The van der Waals surface area contributed by atoms with E-state index in [4.69, 9.17) is 23.4 Å². The predicted octanol–water partition coefficient (Wildman–Crippen LogP) is -0.466. The number of hydrogen-bond acceptors (Lipinski definition) is 13. The first-order chi connectivity index (χ1) is 19.0. The van der Waals surface area contributed by atoms with Crippen molar-refractivity contribution < 1.29 is 59.1 Å². The molecule has 13 nitrogen and oxygen atoms in total. The number of phenolic OH excluding ortho intramolecular Hbond substituents is 1. The van der Waals surface area contributed by atoms with Crippen molar-refractivity contribution >= 4 is 11.0 Å². The molecule has 9 atom stereocenters. The van der Waals surface area contributed by atoms with Gasteiger partial charge < -0.3 is 59.1 Å². The van der Waals surface area contributed by atoms with Crippen molar-refractivity contribution in [3.63, 3.8) is 0 Å². The largest absolute Gasteiger partial charge is 0.507 e. The SMILES string of the molecule is COc1c([C@@H]2OC[C@@H](O)[C@@H](O)[C@H]2O)c(O)cc2oc(-c3ccc(O[C@@H]4O[C@H](C)[C@@H](O)[C@H](O)[C@@H]4O)cc3)cc(=O)c12. The highest BCUT2D eigenvalue weighted by molar-refractivity contribution is 5.88. The molecule has 2 saturated heterocycles. The van der Waals surface area contributed by atoms with Gasteiger partial charge in [-0.1, -0.05) is 0 Å². The van der Waals surface area contributed by atoms with Crippen LogP contribution in [0, 0.1) is 0 Å². The molecule has 0 radical (unpaired) electrons. The Hall–Kier alpha value is -3.27. The van der Waals surface area contributed by atoms with Crippen LogP contribution in [-0.4, -0.2) is 98.5 Å². The number of rotatable bonds is 5. The van der Waals surface area contributed by atoms with E-state index in [1.54, 1.807) is 12.1 Å². The van der Waals surface area contributed by atoms with Crippen LogP contribution in [0.2, 0.25) is 0 Å². The number of methoxy groups -OCH3 is 1. The molecule has 216 valence electrons. The Morgan fingerprint density at radius 1 is 0.900 bits per heavy atom. The maximum absolute atomic E-state index is 13.2. The Balaban J connectivity index is 1.45. The second kappa shape index (κ2) is 11.0. The molecule has 40 heavy (non-hydrogen) atoms. The summed E-state index contributed by atoms with van der Waals surface area (Å²) in [5.41, 5.74) is -0.159. The van der Waals surface area contributed by atoms with Crippen LogP contribution in [-0.2, 0) is 9.47 Å². The number of hydrogen-bond donors (Lipinski definition) is 7. The van der Waals surface area contributed by atoms with Gasteiger partial charge >= 0.3 is 0 Å². The molecule has 7 N–H and O–H groups in total. The zero-order chi connectivity index (χ0) is 28.9. The molecule has 13 heteroatoms. The lowest BCUT2D eigenvalue weighted by molar-refractivity contribution is -0.268. The molecule has 0 spiro atoms. The number of fused-ring (bicyclic) bond motifs is 1. The molecule has 2 aliphatic heterocycles. The molecular weight excluding hydrogens is 532 g/mol. The van der Waals surface area contributed by atoms with Gasteiger partial charge in [0.15, 0.2) is 5.43 Å².